The van der Waals surface area contributed by atoms with Crippen molar-refractivity contribution in [2.45, 2.75) is 46.3 Å². The van der Waals surface area contributed by atoms with Crippen molar-refractivity contribution in [1.82, 2.24) is 15.1 Å². The quantitative estimate of drug-likeness (QED) is 0.882. The molecule has 5 heteroatoms. The summed E-state index contributed by atoms with van der Waals surface area (Å²) >= 11 is 0. The molecule has 1 aromatic heterocycles. The van der Waals surface area contributed by atoms with Crippen LogP contribution in [0.5, 0.6) is 0 Å². The van der Waals surface area contributed by atoms with Gasteiger partial charge in [0.1, 0.15) is 6.10 Å². The average Bonchev–Trinajstić information content (AvgIpc) is 2.84. The van der Waals surface area contributed by atoms with Crippen LogP contribution in [0, 0.1) is 5.92 Å². The molecule has 2 rings (SSSR count). The fourth-order valence-electron chi connectivity index (χ4n) is 2.22. The highest BCUT2D eigenvalue weighted by atomic mass is 16.5. The number of rotatable bonds is 5. The molecule has 0 bridgehead atoms. The predicted molar refractivity (Wildman–Crippen MR) is 72.6 cm³/mol. The van der Waals surface area contributed by atoms with Crippen LogP contribution in [0.15, 0.2) is 6.20 Å². The molecule has 1 aliphatic heterocycles. The molecule has 106 valence electrons. The third-order valence-electron chi connectivity index (χ3n) is 3.52. The van der Waals surface area contributed by atoms with Crippen LogP contribution in [0.2, 0.25) is 0 Å². The number of aromatic nitrogens is 2. The van der Waals surface area contributed by atoms with Crippen LogP contribution in [0.25, 0.3) is 0 Å². The van der Waals surface area contributed by atoms with Crippen LogP contribution in [0.3, 0.4) is 0 Å². The third kappa shape index (κ3) is 3.56. The van der Waals surface area contributed by atoms with Gasteiger partial charge in [0, 0.05) is 37.4 Å². The highest BCUT2D eigenvalue weighted by Crippen LogP contribution is 2.17. The molecule has 0 fully saturated rings. The smallest absolute Gasteiger partial charge is 0.251 e. The SMILES string of the molecule is CC(C)CCOC(C)C(=O)N1CCc2[nH]ncc2C1. The van der Waals surface area contributed by atoms with Crippen molar-refractivity contribution in [1.29, 1.82) is 0 Å². The number of hydrogen-bond acceptors (Lipinski definition) is 3. The predicted octanol–water partition coefficient (Wildman–Crippen LogP) is 1.75. The van der Waals surface area contributed by atoms with Gasteiger partial charge in [-0.1, -0.05) is 13.8 Å². The van der Waals surface area contributed by atoms with Crippen LogP contribution in [-0.2, 0) is 22.5 Å². The van der Waals surface area contributed by atoms with E-state index in [4.69, 9.17) is 4.74 Å². The van der Waals surface area contributed by atoms with E-state index in [1.807, 2.05) is 11.8 Å². The minimum atomic E-state index is -0.354. The zero-order chi connectivity index (χ0) is 13.8. The number of nitrogens with one attached hydrogen (secondary N) is 1. The van der Waals surface area contributed by atoms with Crippen molar-refractivity contribution < 1.29 is 9.53 Å². The summed E-state index contributed by atoms with van der Waals surface area (Å²) in [4.78, 5) is 14.1. The first-order valence-corrected chi connectivity index (χ1v) is 6.99. The van der Waals surface area contributed by atoms with E-state index in [2.05, 4.69) is 24.0 Å². The highest BCUT2D eigenvalue weighted by molar-refractivity contribution is 5.80. The van der Waals surface area contributed by atoms with E-state index in [-0.39, 0.29) is 12.0 Å². The zero-order valence-electron chi connectivity index (χ0n) is 12.0. The Morgan fingerprint density at radius 1 is 1.53 bits per heavy atom. The number of ether oxygens (including phenoxy) is 1. The van der Waals surface area contributed by atoms with Crippen LogP contribution < -0.4 is 0 Å². The molecule has 0 radical (unpaired) electrons. The molecule has 1 N–H and O–H groups in total. The second-order valence-corrected chi connectivity index (χ2v) is 5.58. The van der Waals surface area contributed by atoms with E-state index in [1.54, 1.807) is 6.20 Å². The molecule has 1 amide bonds. The van der Waals surface area contributed by atoms with Gasteiger partial charge in [-0.25, -0.2) is 0 Å². The minimum absolute atomic E-state index is 0.0793. The van der Waals surface area contributed by atoms with Gasteiger partial charge < -0.3 is 9.64 Å². The van der Waals surface area contributed by atoms with Crippen molar-refractivity contribution in [3.8, 4) is 0 Å². The fourth-order valence-corrected chi connectivity index (χ4v) is 2.22. The molecule has 5 nitrogen and oxygen atoms in total. The van der Waals surface area contributed by atoms with Gasteiger partial charge in [0.05, 0.1) is 6.20 Å². The molecule has 1 atom stereocenters. The van der Waals surface area contributed by atoms with Crippen LogP contribution >= 0.6 is 0 Å². The second kappa shape index (κ2) is 6.19. The van der Waals surface area contributed by atoms with E-state index in [0.717, 1.165) is 30.6 Å². The summed E-state index contributed by atoms with van der Waals surface area (Å²) in [6.07, 6.45) is 3.29. The maximum absolute atomic E-state index is 12.3. The molecular formula is C14H23N3O2. The Labute approximate surface area is 114 Å². The van der Waals surface area contributed by atoms with Gasteiger partial charge in [0.25, 0.3) is 5.91 Å². The number of carbonyl (C=O) groups excluding carboxylic acids is 1. The maximum atomic E-state index is 12.3. The lowest BCUT2D eigenvalue weighted by atomic mass is 10.1. The molecule has 0 aromatic carbocycles. The van der Waals surface area contributed by atoms with Gasteiger partial charge in [0.2, 0.25) is 0 Å². The largest absolute Gasteiger partial charge is 0.369 e. The van der Waals surface area contributed by atoms with Crippen molar-refractivity contribution in [3.63, 3.8) is 0 Å². The molecule has 0 saturated heterocycles. The minimum Gasteiger partial charge on any atom is -0.369 e. The first kappa shape index (κ1) is 14.1. The lowest BCUT2D eigenvalue weighted by Gasteiger charge is -2.29. The highest BCUT2D eigenvalue weighted by Gasteiger charge is 2.25. The van der Waals surface area contributed by atoms with Gasteiger partial charge in [-0.2, -0.15) is 5.10 Å². The van der Waals surface area contributed by atoms with E-state index < -0.39 is 0 Å². The number of H-pyrrole nitrogens is 1. The molecule has 2 heterocycles. The monoisotopic (exact) mass is 265 g/mol. The summed E-state index contributed by atoms with van der Waals surface area (Å²) in [7, 11) is 0. The Balaban J connectivity index is 1.83. The van der Waals surface area contributed by atoms with Crippen molar-refractivity contribution >= 4 is 5.91 Å². The third-order valence-corrected chi connectivity index (χ3v) is 3.52. The molecular weight excluding hydrogens is 242 g/mol. The van der Waals surface area contributed by atoms with E-state index >= 15 is 0 Å². The lowest BCUT2D eigenvalue weighted by Crippen LogP contribution is -2.42. The fraction of sp³-hybridized carbons (Fsp3) is 0.714. The summed E-state index contributed by atoms with van der Waals surface area (Å²) in [6, 6.07) is 0. The first-order chi connectivity index (χ1) is 9.08. The topological polar surface area (TPSA) is 58.2 Å². The second-order valence-electron chi connectivity index (χ2n) is 5.58. The Bertz CT molecular complexity index is 428. The summed E-state index contributed by atoms with van der Waals surface area (Å²) in [5, 5.41) is 6.99. The van der Waals surface area contributed by atoms with Crippen molar-refractivity contribution in [2.24, 2.45) is 5.92 Å². The summed E-state index contributed by atoms with van der Waals surface area (Å²) in [5.41, 5.74) is 2.27. The van der Waals surface area contributed by atoms with Gasteiger partial charge in [-0.15, -0.1) is 0 Å². The summed E-state index contributed by atoms with van der Waals surface area (Å²) < 4.78 is 5.62. The maximum Gasteiger partial charge on any atom is 0.251 e. The van der Waals surface area contributed by atoms with Crippen molar-refractivity contribution in [2.75, 3.05) is 13.2 Å². The number of nitrogens with zero attached hydrogens (tertiary/aromatic N) is 2. The molecule has 1 aliphatic rings. The lowest BCUT2D eigenvalue weighted by molar-refractivity contribution is -0.143. The summed E-state index contributed by atoms with van der Waals surface area (Å²) in [6.45, 7) is 8.18. The van der Waals surface area contributed by atoms with Gasteiger partial charge in [-0.3, -0.25) is 9.89 Å². The van der Waals surface area contributed by atoms with Gasteiger partial charge in [-0.05, 0) is 19.3 Å². The molecule has 1 aromatic rings. The Morgan fingerprint density at radius 2 is 2.32 bits per heavy atom. The average molecular weight is 265 g/mol. The molecule has 0 saturated carbocycles. The zero-order valence-corrected chi connectivity index (χ0v) is 12.0. The number of carbonyl (C=O) groups is 1. The van der Waals surface area contributed by atoms with Gasteiger partial charge >= 0.3 is 0 Å². The Kier molecular flexibility index (Phi) is 4.58. The van der Waals surface area contributed by atoms with Crippen LogP contribution in [-0.4, -0.2) is 40.3 Å². The van der Waals surface area contributed by atoms with Crippen LogP contribution in [0.1, 0.15) is 38.4 Å². The molecule has 0 spiro atoms. The first-order valence-electron chi connectivity index (χ1n) is 6.99. The van der Waals surface area contributed by atoms with Gasteiger partial charge in [0.15, 0.2) is 0 Å². The number of hydrogen-bond donors (Lipinski definition) is 1. The molecule has 0 aliphatic carbocycles. The molecule has 19 heavy (non-hydrogen) atoms. The van der Waals surface area contributed by atoms with E-state index in [0.29, 0.717) is 19.1 Å². The van der Waals surface area contributed by atoms with E-state index in [9.17, 15) is 4.79 Å². The Hall–Kier alpha value is -1.36. The summed E-state index contributed by atoms with van der Waals surface area (Å²) in [5.74, 6) is 0.682. The number of aromatic amines is 1. The normalized spacial score (nSPS) is 16.5. The van der Waals surface area contributed by atoms with E-state index in [1.165, 1.54) is 0 Å². The Morgan fingerprint density at radius 3 is 3.05 bits per heavy atom. The van der Waals surface area contributed by atoms with Crippen LogP contribution in [0.4, 0.5) is 0 Å². The van der Waals surface area contributed by atoms with Crippen molar-refractivity contribution in [3.05, 3.63) is 17.5 Å². The standard InChI is InChI=1S/C14H23N3O2/c1-10(2)5-7-19-11(3)14(18)17-6-4-13-12(9-17)8-15-16-13/h8,10-11H,4-7,9H2,1-3H3,(H,15,16). The number of fused-ring (bicyclic) bond motifs is 1. The number of amides is 1. The molecule has 1 unspecified atom stereocenters.